The Morgan fingerprint density at radius 1 is 1.20 bits per heavy atom. The Balaban J connectivity index is 1.67. The van der Waals surface area contributed by atoms with Crippen molar-refractivity contribution in [3.05, 3.63) is 42.5 Å². The standard InChI is InChI=1S/C19H26N2O3S/c1-15-7-4-5-12-21(15)14-17(22)13-20-25(23,24)19-11-6-9-16-8-2-3-10-18(16)19/h2-3,6,8-11,15,17,20,22H,4-5,7,12-14H2,1H3/t15-,17-/m0/s1. The summed E-state index contributed by atoms with van der Waals surface area (Å²) in [4.78, 5) is 2.49. The maximum Gasteiger partial charge on any atom is 0.241 e. The molecule has 1 fully saturated rings. The van der Waals surface area contributed by atoms with Crippen LogP contribution in [0, 0.1) is 0 Å². The molecule has 2 aromatic carbocycles. The highest BCUT2D eigenvalue weighted by Crippen LogP contribution is 2.22. The molecule has 1 heterocycles. The quantitative estimate of drug-likeness (QED) is 0.828. The topological polar surface area (TPSA) is 69.6 Å². The van der Waals surface area contributed by atoms with Gasteiger partial charge in [-0.3, -0.25) is 4.90 Å². The van der Waals surface area contributed by atoms with E-state index in [2.05, 4.69) is 16.5 Å². The summed E-state index contributed by atoms with van der Waals surface area (Å²) in [5, 5.41) is 11.8. The first-order valence-electron chi connectivity index (χ1n) is 8.87. The van der Waals surface area contributed by atoms with Gasteiger partial charge in [0, 0.05) is 24.5 Å². The molecule has 0 aromatic heterocycles. The van der Waals surface area contributed by atoms with Gasteiger partial charge in [0.05, 0.1) is 11.0 Å². The molecule has 25 heavy (non-hydrogen) atoms. The molecule has 2 atom stereocenters. The Morgan fingerprint density at radius 3 is 2.76 bits per heavy atom. The van der Waals surface area contributed by atoms with E-state index in [0.717, 1.165) is 24.8 Å². The van der Waals surface area contributed by atoms with Crippen LogP contribution in [0.3, 0.4) is 0 Å². The summed E-state index contributed by atoms with van der Waals surface area (Å²) in [6.45, 7) is 3.65. The number of likely N-dealkylation sites (tertiary alicyclic amines) is 1. The first-order valence-corrected chi connectivity index (χ1v) is 10.4. The number of sulfonamides is 1. The van der Waals surface area contributed by atoms with E-state index in [0.29, 0.717) is 18.0 Å². The molecule has 6 heteroatoms. The Kier molecular flexibility index (Phi) is 5.74. The fraction of sp³-hybridized carbons (Fsp3) is 0.474. The van der Waals surface area contributed by atoms with Crippen molar-refractivity contribution in [1.82, 2.24) is 9.62 Å². The average molecular weight is 362 g/mol. The molecule has 2 aromatic rings. The van der Waals surface area contributed by atoms with Gasteiger partial charge in [-0.15, -0.1) is 0 Å². The van der Waals surface area contributed by atoms with Crippen LogP contribution in [0.15, 0.2) is 47.4 Å². The second kappa shape index (κ2) is 7.83. The molecule has 2 N–H and O–H groups in total. The predicted molar refractivity (Wildman–Crippen MR) is 100 cm³/mol. The normalized spacial score (nSPS) is 20.6. The fourth-order valence-electron chi connectivity index (χ4n) is 3.48. The summed E-state index contributed by atoms with van der Waals surface area (Å²) in [6, 6.07) is 13.1. The number of aliphatic hydroxyl groups is 1. The summed E-state index contributed by atoms with van der Waals surface area (Å²) in [5.41, 5.74) is 0. The van der Waals surface area contributed by atoms with Crippen LogP contribution in [-0.2, 0) is 10.0 Å². The Hall–Kier alpha value is -1.47. The van der Waals surface area contributed by atoms with Crippen LogP contribution in [0.5, 0.6) is 0 Å². The summed E-state index contributed by atoms with van der Waals surface area (Å²) >= 11 is 0. The number of benzene rings is 2. The third-order valence-corrected chi connectivity index (χ3v) is 6.42. The van der Waals surface area contributed by atoms with Crippen molar-refractivity contribution in [2.45, 2.75) is 43.2 Å². The molecule has 0 saturated carbocycles. The minimum absolute atomic E-state index is 0.0226. The number of hydrogen-bond acceptors (Lipinski definition) is 4. The second-order valence-corrected chi connectivity index (χ2v) is 8.56. The monoisotopic (exact) mass is 362 g/mol. The molecule has 0 radical (unpaired) electrons. The van der Waals surface area contributed by atoms with Crippen LogP contribution >= 0.6 is 0 Å². The zero-order chi connectivity index (χ0) is 17.9. The maximum absolute atomic E-state index is 12.7. The van der Waals surface area contributed by atoms with Gasteiger partial charge in [0.1, 0.15) is 0 Å². The molecule has 1 saturated heterocycles. The number of nitrogens with one attached hydrogen (secondary N) is 1. The van der Waals surface area contributed by atoms with Gasteiger partial charge in [-0.1, -0.05) is 42.8 Å². The zero-order valence-electron chi connectivity index (χ0n) is 14.6. The smallest absolute Gasteiger partial charge is 0.241 e. The molecular weight excluding hydrogens is 336 g/mol. The summed E-state index contributed by atoms with van der Waals surface area (Å²) < 4.78 is 27.9. The van der Waals surface area contributed by atoms with E-state index < -0.39 is 16.1 Å². The highest BCUT2D eigenvalue weighted by molar-refractivity contribution is 7.89. The van der Waals surface area contributed by atoms with Crippen LogP contribution < -0.4 is 4.72 Å². The van der Waals surface area contributed by atoms with Gasteiger partial charge in [0.25, 0.3) is 0 Å². The van der Waals surface area contributed by atoms with E-state index in [9.17, 15) is 13.5 Å². The Morgan fingerprint density at radius 2 is 1.96 bits per heavy atom. The fourth-order valence-corrected chi connectivity index (χ4v) is 4.78. The van der Waals surface area contributed by atoms with Gasteiger partial charge in [-0.05, 0) is 37.8 Å². The number of hydrogen-bond donors (Lipinski definition) is 2. The van der Waals surface area contributed by atoms with Crippen molar-refractivity contribution in [2.24, 2.45) is 0 Å². The van der Waals surface area contributed by atoms with Crippen molar-refractivity contribution >= 4 is 20.8 Å². The molecule has 3 rings (SSSR count). The molecule has 0 bridgehead atoms. The van der Waals surface area contributed by atoms with Gasteiger partial charge in [0.15, 0.2) is 0 Å². The maximum atomic E-state index is 12.7. The van der Waals surface area contributed by atoms with E-state index in [1.54, 1.807) is 18.2 Å². The molecular formula is C19H26N2O3S. The van der Waals surface area contributed by atoms with Crippen LogP contribution in [-0.4, -0.2) is 50.2 Å². The molecule has 0 aliphatic carbocycles. The van der Waals surface area contributed by atoms with E-state index >= 15 is 0 Å². The van der Waals surface area contributed by atoms with Crippen molar-refractivity contribution in [3.63, 3.8) is 0 Å². The number of piperidine rings is 1. The lowest BCUT2D eigenvalue weighted by Crippen LogP contribution is -2.45. The minimum atomic E-state index is -3.66. The third kappa shape index (κ3) is 4.39. The first kappa shape index (κ1) is 18.3. The number of rotatable bonds is 6. The highest BCUT2D eigenvalue weighted by atomic mass is 32.2. The largest absolute Gasteiger partial charge is 0.390 e. The van der Waals surface area contributed by atoms with Gasteiger partial charge in [-0.2, -0.15) is 0 Å². The molecule has 5 nitrogen and oxygen atoms in total. The molecule has 1 aliphatic heterocycles. The zero-order valence-corrected chi connectivity index (χ0v) is 15.4. The van der Waals surface area contributed by atoms with Crippen molar-refractivity contribution in [3.8, 4) is 0 Å². The van der Waals surface area contributed by atoms with Gasteiger partial charge >= 0.3 is 0 Å². The van der Waals surface area contributed by atoms with E-state index in [4.69, 9.17) is 0 Å². The number of aliphatic hydroxyl groups excluding tert-OH is 1. The molecule has 0 spiro atoms. The first-order chi connectivity index (χ1) is 12.0. The van der Waals surface area contributed by atoms with Crippen molar-refractivity contribution in [1.29, 1.82) is 0 Å². The van der Waals surface area contributed by atoms with Crippen molar-refractivity contribution in [2.75, 3.05) is 19.6 Å². The summed E-state index contributed by atoms with van der Waals surface area (Å²) in [5.74, 6) is 0. The number of nitrogens with zero attached hydrogens (tertiary/aromatic N) is 1. The van der Waals surface area contributed by atoms with Gasteiger partial charge in [-0.25, -0.2) is 13.1 Å². The van der Waals surface area contributed by atoms with Crippen LogP contribution in [0.25, 0.3) is 10.8 Å². The summed E-state index contributed by atoms with van der Waals surface area (Å²) in [6.07, 6.45) is 2.78. The summed E-state index contributed by atoms with van der Waals surface area (Å²) in [7, 11) is -3.66. The second-order valence-electron chi connectivity index (χ2n) is 6.82. The van der Waals surface area contributed by atoms with Crippen molar-refractivity contribution < 1.29 is 13.5 Å². The Labute approximate surface area is 149 Å². The molecule has 136 valence electrons. The van der Waals surface area contributed by atoms with Crippen LogP contribution in [0.4, 0.5) is 0 Å². The van der Waals surface area contributed by atoms with E-state index in [-0.39, 0.29) is 11.4 Å². The highest BCUT2D eigenvalue weighted by Gasteiger charge is 2.23. The molecule has 0 amide bonds. The predicted octanol–water partition coefficient (Wildman–Crippen LogP) is 2.35. The molecule has 0 unspecified atom stereocenters. The molecule has 1 aliphatic rings. The SMILES string of the molecule is C[C@H]1CCCCN1C[C@@H](O)CNS(=O)(=O)c1cccc2ccccc12. The lowest BCUT2D eigenvalue weighted by molar-refractivity contribution is 0.0760. The number of fused-ring (bicyclic) bond motifs is 1. The van der Waals surface area contributed by atoms with E-state index in [1.165, 1.54) is 6.42 Å². The minimum Gasteiger partial charge on any atom is -0.390 e. The average Bonchev–Trinajstić information content (AvgIpc) is 2.61. The van der Waals surface area contributed by atoms with Gasteiger partial charge in [0.2, 0.25) is 10.0 Å². The third-order valence-electron chi connectivity index (χ3n) is 4.93. The van der Waals surface area contributed by atoms with Gasteiger partial charge < -0.3 is 5.11 Å². The van der Waals surface area contributed by atoms with Crippen LogP contribution in [0.1, 0.15) is 26.2 Å². The Bertz CT molecular complexity index is 817. The van der Waals surface area contributed by atoms with E-state index in [1.807, 2.05) is 24.3 Å². The van der Waals surface area contributed by atoms with Crippen LogP contribution in [0.2, 0.25) is 0 Å². The lowest BCUT2D eigenvalue weighted by Gasteiger charge is -2.34. The number of β-amino-alcohol motifs (C(OH)–C–C–N with tert-alkyl or cyclic N) is 1. The lowest BCUT2D eigenvalue weighted by atomic mass is 10.0.